The molecule has 1 fully saturated rings. The molecule has 2 atom stereocenters. The molecular formula is C18H27N3. The van der Waals surface area contributed by atoms with Gasteiger partial charge >= 0.3 is 0 Å². The molecule has 21 heavy (non-hydrogen) atoms. The van der Waals surface area contributed by atoms with Gasteiger partial charge in [-0.1, -0.05) is 25.5 Å². The molecule has 2 unspecified atom stereocenters. The van der Waals surface area contributed by atoms with Gasteiger partial charge in [0.1, 0.15) is 0 Å². The Morgan fingerprint density at radius 3 is 3.00 bits per heavy atom. The predicted octanol–water partition coefficient (Wildman–Crippen LogP) is 3.47. The van der Waals surface area contributed by atoms with Crippen molar-refractivity contribution in [2.75, 3.05) is 19.6 Å². The van der Waals surface area contributed by atoms with Crippen molar-refractivity contribution in [3.05, 3.63) is 35.4 Å². The zero-order valence-corrected chi connectivity index (χ0v) is 13.3. The Labute approximate surface area is 129 Å². The molecule has 0 amide bonds. The Kier molecular flexibility index (Phi) is 6.22. The second-order valence-corrected chi connectivity index (χ2v) is 6.06. The smallest absolute Gasteiger partial charge is 0.0991 e. The quantitative estimate of drug-likeness (QED) is 0.833. The third-order valence-corrected chi connectivity index (χ3v) is 4.46. The molecule has 1 aliphatic rings. The summed E-state index contributed by atoms with van der Waals surface area (Å²) in [7, 11) is 0. The minimum Gasteiger partial charge on any atom is -0.313 e. The molecular weight excluding hydrogens is 258 g/mol. The molecule has 0 aromatic heterocycles. The molecule has 1 aromatic rings. The number of nitrogens with one attached hydrogen (secondary N) is 1. The molecule has 2 rings (SSSR count). The van der Waals surface area contributed by atoms with Gasteiger partial charge in [-0.25, -0.2) is 0 Å². The summed E-state index contributed by atoms with van der Waals surface area (Å²) in [4.78, 5) is 2.57. The minimum absolute atomic E-state index is 0.368. The molecule has 0 radical (unpaired) electrons. The Morgan fingerprint density at radius 2 is 2.33 bits per heavy atom. The lowest BCUT2D eigenvalue weighted by Gasteiger charge is -2.32. The van der Waals surface area contributed by atoms with Crippen LogP contribution in [0, 0.1) is 11.3 Å². The van der Waals surface area contributed by atoms with Crippen molar-refractivity contribution in [2.24, 2.45) is 0 Å². The van der Waals surface area contributed by atoms with Crippen LogP contribution < -0.4 is 5.32 Å². The van der Waals surface area contributed by atoms with Crippen LogP contribution in [0.15, 0.2) is 24.3 Å². The van der Waals surface area contributed by atoms with Gasteiger partial charge in [-0.2, -0.15) is 5.26 Å². The fraction of sp³-hybridized carbons (Fsp3) is 0.611. The van der Waals surface area contributed by atoms with E-state index in [0.29, 0.717) is 12.1 Å². The highest BCUT2D eigenvalue weighted by Gasteiger charge is 2.22. The SMILES string of the molecule is CCCCN(CC1CCCN1)C(C)c1cccc(C#N)c1. The maximum Gasteiger partial charge on any atom is 0.0991 e. The van der Waals surface area contributed by atoms with E-state index in [4.69, 9.17) is 5.26 Å². The third-order valence-electron chi connectivity index (χ3n) is 4.46. The van der Waals surface area contributed by atoms with Crippen LogP contribution in [0.1, 0.15) is 56.7 Å². The van der Waals surface area contributed by atoms with E-state index >= 15 is 0 Å². The van der Waals surface area contributed by atoms with Gasteiger partial charge < -0.3 is 5.32 Å². The minimum atomic E-state index is 0.368. The predicted molar refractivity (Wildman–Crippen MR) is 87.1 cm³/mol. The molecule has 1 N–H and O–H groups in total. The first-order valence-electron chi connectivity index (χ1n) is 8.22. The maximum atomic E-state index is 9.08. The average Bonchev–Trinajstić information content (AvgIpc) is 3.03. The van der Waals surface area contributed by atoms with Crippen LogP contribution in [0.2, 0.25) is 0 Å². The summed E-state index contributed by atoms with van der Waals surface area (Å²) in [5.41, 5.74) is 2.01. The van der Waals surface area contributed by atoms with E-state index in [1.54, 1.807) is 0 Å². The van der Waals surface area contributed by atoms with Crippen molar-refractivity contribution in [2.45, 2.75) is 51.6 Å². The molecule has 0 bridgehead atoms. The lowest BCUT2D eigenvalue weighted by molar-refractivity contribution is 0.189. The fourth-order valence-corrected chi connectivity index (χ4v) is 3.08. The second kappa shape index (κ2) is 8.17. The largest absolute Gasteiger partial charge is 0.313 e. The normalized spacial score (nSPS) is 19.6. The molecule has 3 heteroatoms. The zero-order chi connectivity index (χ0) is 15.1. The molecule has 1 saturated heterocycles. The number of unbranched alkanes of at least 4 members (excludes halogenated alkanes) is 1. The molecule has 114 valence electrons. The van der Waals surface area contributed by atoms with Gasteiger partial charge in [0.25, 0.3) is 0 Å². The summed E-state index contributed by atoms with van der Waals surface area (Å²) in [5.74, 6) is 0. The van der Waals surface area contributed by atoms with E-state index in [1.807, 2.05) is 18.2 Å². The Bertz CT molecular complexity index is 472. The van der Waals surface area contributed by atoms with Crippen LogP contribution in [0.3, 0.4) is 0 Å². The van der Waals surface area contributed by atoms with Gasteiger partial charge in [0.05, 0.1) is 11.6 Å². The zero-order valence-electron chi connectivity index (χ0n) is 13.3. The first kappa shape index (κ1) is 16.0. The van der Waals surface area contributed by atoms with Crippen LogP contribution in [0.4, 0.5) is 0 Å². The van der Waals surface area contributed by atoms with Crippen LogP contribution in [-0.2, 0) is 0 Å². The van der Waals surface area contributed by atoms with E-state index in [0.717, 1.165) is 25.2 Å². The number of benzene rings is 1. The highest BCUT2D eigenvalue weighted by Crippen LogP contribution is 2.23. The van der Waals surface area contributed by atoms with Crippen LogP contribution in [-0.4, -0.2) is 30.6 Å². The Morgan fingerprint density at radius 1 is 1.48 bits per heavy atom. The van der Waals surface area contributed by atoms with Crippen LogP contribution >= 0.6 is 0 Å². The molecule has 3 nitrogen and oxygen atoms in total. The summed E-state index contributed by atoms with van der Waals surface area (Å²) < 4.78 is 0. The van der Waals surface area contributed by atoms with Crippen molar-refractivity contribution in [1.29, 1.82) is 5.26 Å². The topological polar surface area (TPSA) is 39.1 Å². The molecule has 1 aliphatic heterocycles. The molecule has 0 saturated carbocycles. The van der Waals surface area contributed by atoms with Gasteiger partial charge in [0.15, 0.2) is 0 Å². The summed E-state index contributed by atoms with van der Waals surface area (Å²) in [5, 5.41) is 12.7. The van der Waals surface area contributed by atoms with Crippen molar-refractivity contribution >= 4 is 0 Å². The van der Waals surface area contributed by atoms with Crippen LogP contribution in [0.25, 0.3) is 0 Å². The van der Waals surface area contributed by atoms with Crippen molar-refractivity contribution in [3.63, 3.8) is 0 Å². The monoisotopic (exact) mass is 285 g/mol. The van der Waals surface area contributed by atoms with Gasteiger partial charge in [-0.15, -0.1) is 0 Å². The van der Waals surface area contributed by atoms with E-state index in [9.17, 15) is 0 Å². The summed E-state index contributed by atoms with van der Waals surface area (Å²) in [6, 6.07) is 11.3. The van der Waals surface area contributed by atoms with Gasteiger partial charge in [0, 0.05) is 18.6 Å². The highest BCUT2D eigenvalue weighted by atomic mass is 15.2. The number of hydrogen-bond acceptors (Lipinski definition) is 3. The Balaban J connectivity index is 2.07. The fourth-order valence-electron chi connectivity index (χ4n) is 3.08. The molecule has 0 aliphatic carbocycles. The first-order valence-corrected chi connectivity index (χ1v) is 8.22. The lowest BCUT2D eigenvalue weighted by atomic mass is 10.0. The van der Waals surface area contributed by atoms with Crippen molar-refractivity contribution in [3.8, 4) is 6.07 Å². The average molecular weight is 285 g/mol. The highest BCUT2D eigenvalue weighted by molar-refractivity contribution is 5.34. The number of rotatable bonds is 7. The summed E-state index contributed by atoms with van der Waals surface area (Å²) in [6.45, 7) is 7.91. The van der Waals surface area contributed by atoms with Crippen molar-refractivity contribution < 1.29 is 0 Å². The van der Waals surface area contributed by atoms with Crippen molar-refractivity contribution in [1.82, 2.24) is 10.2 Å². The van der Waals surface area contributed by atoms with E-state index in [1.165, 1.54) is 31.2 Å². The van der Waals surface area contributed by atoms with Gasteiger partial charge in [-0.05, 0) is 57.0 Å². The molecule has 1 aromatic carbocycles. The Hall–Kier alpha value is -1.37. The summed E-state index contributed by atoms with van der Waals surface area (Å²) in [6.07, 6.45) is 5.03. The van der Waals surface area contributed by atoms with Gasteiger partial charge in [0.2, 0.25) is 0 Å². The lowest BCUT2D eigenvalue weighted by Crippen LogP contribution is -2.39. The maximum absolute atomic E-state index is 9.08. The molecule has 0 spiro atoms. The second-order valence-electron chi connectivity index (χ2n) is 6.06. The number of hydrogen-bond donors (Lipinski definition) is 1. The number of nitriles is 1. The first-order chi connectivity index (χ1) is 10.2. The van der Waals surface area contributed by atoms with E-state index in [2.05, 4.69) is 36.2 Å². The van der Waals surface area contributed by atoms with E-state index in [-0.39, 0.29) is 0 Å². The van der Waals surface area contributed by atoms with E-state index < -0.39 is 0 Å². The third kappa shape index (κ3) is 4.56. The van der Waals surface area contributed by atoms with Crippen LogP contribution in [0.5, 0.6) is 0 Å². The van der Waals surface area contributed by atoms with Gasteiger partial charge in [-0.3, -0.25) is 4.90 Å². The molecule has 1 heterocycles. The summed E-state index contributed by atoms with van der Waals surface area (Å²) >= 11 is 0. The number of nitrogens with zero attached hydrogens (tertiary/aromatic N) is 2. The standard InChI is InChI=1S/C18H27N3/c1-3-4-11-21(14-18-9-6-10-20-18)15(2)17-8-5-7-16(12-17)13-19/h5,7-8,12,15,18,20H,3-4,6,9-11,14H2,1-2H3.